The van der Waals surface area contributed by atoms with Crippen LogP contribution in [0.15, 0.2) is 42.5 Å². The lowest BCUT2D eigenvalue weighted by Crippen LogP contribution is -1.96. The van der Waals surface area contributed by atoms with Gasteiger partial charge in [-0.25, -0.2) is 4.39 Å². The number of hydrogen-bond acceptors (Lipinski definition) is 0. The zero-order valence-corrected chi connectivity index (χ0v) is 12.3. The molecule has 2 rings (SSSR count). The Balaban J connectivity index is 2.16. The van der Waals surface area contributed by atoms with Crippen molar-refractivity contribution in [1.29, 1.82) is 0 Å². The molecule has 0 bridgehead atoms. The van der Waals surface area contributed by atoms with Crippen LogP contribution in [0.1, 0.15) is 21.5 Å². The van der Waals surface area contributed by atoms with Crippen LogP contribution in [0, 0.1) is 12.7 Å². The number of hydrogen-bond donors (Lipinski definition) is 0. The van der Waals surface area contributed by atoms with Gasteiger partial charge in [0.15, 0.2) is 0 Å². The maximum Gasteiger partial charge on any atom is 0.123 e. The molecule has 0 aromatic heterocycles. The van der Waals surface area contributed by atoms with E-state index in [-0.39, 0.29) is 10.6 Å². The lowest BCUT2D eigenvalue weighted by Gasteiger charge is -2.12. The number of aryl methyl sites for hydroxylation is 1. The molecule has 3 heteroatoms. The predicted octanol–water partition coefficient (Wildman–Crippen LogP) is 5.47. The molecule has 0 N–H and O–H groups in total. The van der Waals surface area contributed by atoms with Crippen LogP contribution >= 0.6 is 27.5 Å². The fraction of sp³-hybridized carbons (Fsp3) is 0.200. The lowest BCUT2D eigenvalue weighted by molar-refractivity contribution is 0.625. The second-order valence-corrected chi connectivity index (χ2v) is 5.82. The molecule has 1 unspecified atom stereocenters. The smallest absolute Gasteiger partial charge is 0.123 e. The van der Waals surface area contributed by atoms with Crippen molar-refractivity contribution in [3.05, 3.63) is 70.0 Å². The Morgan fingerprint density at radius 1 is 1.22 bits per heavy atom. The van der Waals surface area contributed by atoms with Crippen LogP contribution in [0.2, 0.25) is 5.02 Å². The van der Waals surface area contributed by atoms with Gasteiger partial charge < -0.3 is 0 Å². The maximum absolute atomic E-state index is 13.1. The third-order valence-electron chi connectivity index (χ3n) is 2.85. The van der Waals surface area contributed by atoms with Gasteiger partial charge in [-0.15, -0.1) is 0 Å². The molecule has 0 aliphatic carbocycles. The summed E-state index contributed by atoms with van der Waals surface area (Å²) in [5, 5.41) is 0.768. The average Bonchev–Trinajstić information content (AvgIpc) is 2.32. The van der Waals surface area contributed by atoms with Crippen LogP contribution in [0.5, 0.6) is 0 Å². The zero-order chi connectivity index (χ0) is 13.1. The number of halogens is 3. The van der Waals surface area contributed by atoms with E-state index in [0.717, 1.165) is 28.1 Å². The molecule has 0 aliphatic rings. The van der Waals surface area contributed by atoms with E-state index in [2.05, 4.69) is 22.0 Å². The van der Waals surface area contributed by atoms with Gasteiger partial charge in [0.2, 0.25) is 0 Å². The fourth-order valence-electron chi connectivity index (χ4n) is 1.85. The standard InChI is InChI=1S/C15H13BrClF/c1-10-7-12(5-6-15(10)17)14(16)9-11-3-2-4-13(18)8-11/h2-8,14H,9H2,1H3. The highest BCUT2D eigenvalue weighted by Crippen LogP contribution is 2.29. The molecule has 0 nitrogen and oxygen atoms in total. The Morgan fingerprint density at radius 3 is 2.67 bits per heavy atom. The molecular formula is C15H13BrClF. The van der Waals surface area contributed by atoms with Crippen molar-refractivity contribution in [3.63, 3.8) is 0 Å². The molecule has 0 radical (unpaired) electrons. The van der Waals surface area contributed by atoms with Gasteiger partial charge in [-0.2, -0.15) is 0 Å². The first-order chi connectivity index (χ1) is 8.56. The molecule has 0 spiro atoms. The Kier molecular flexibility index (Phi) is 4.41. The molecule has 0 fully saturated rings. The van der Waals surface area contributed by atoms with Gasteiger partial charge in [-0.3, -0.25) is 0 Å². The number of benzene rings is 2. The average molecular weight is 328 g/mol. The molecule has 0 saturated carbocycles. The Morgan fingerprint density at radius 2 is 2.00 bits per heavy atom. The number of rotatable bonds is 3. The fourth-order valence-corrected chi connectivity index (χ4v) is 2.63. The van der Waals surface area contributed by atoms with Crippen molar-refractivity contribution in [2.75, 3.05) is 0 Å². The minimum atomic E-state index is -0.195. The molecule has 2 aromatic carbocycles. The van der Waals surface area contributed by atoms with Gasteiger partial charge in [0, 0.05) is 9.85 Å². The Bertz CT molecular complexity index is 554. The molecule has 0 aliphatic heterocycles. The first kappa shape index (κ1) is 13.6. The maximum atomic E-state index is 13.1. The van der Waals surface area contributed by atoms with Crippen molar-refractivity contribution < 1.29 is 4.39 Å². The Hall–Kier alpha value is -0.860. The molecule has 18 heavy (non-hydrogen) atoms. The molecule has 1 atom stereocenters. The first-order valence-corrected chi connectivity index (χ1v) is 7.00. The van der Waals surface area contributed by atoms with E-state index >= 15 is 0 Å². The van der Waals surface area contributed by atoms with Gasteiger partial charge in [-0.05, 0) is 48.2 Å². The summed E-state index contributed by atoms with van der Waals surface area (Å²) in [6.07, 6.45) is 0.749. The number of alkyl halides is 1. The first-order valence-electron chi connectivity index (χ1n) is 5.71. The minimum Gasteiger partial charge on any atom is -0.207 e. The summed E-state index contributed by atoms with van der Waals surface area (Å²) < 4.78 is 13.1. The zero-order valence-electron chi connectivity index (χ0n) is 9.96. The van der Waals surface area contributed by atoms with E-state index in [1.54, 1.807) is 12.1 Å². The van der Waals surface area contributed by atoms with E-state index in [1.165, 1.54) is 6.07 Å². The van der Waals surface area contributed by atoms with E-state index in [1.807, 2.05) is 25.1 Å². The largest absolute Gasteiger partial charge is 0.207 e. The van der Waals surface area contributed by atoms with Crippen molar-refractivity contribution in [2.24, 2.45) is 0 Å². The third-order valence-corrected chi connectivity index (χ3v) is 4.12. The van der Waals surface area contributed by atoms with E-state index in [4.69, 9.17) is 11.6 Å². The molecule has 2 aromatic rings. The highest BCUT2D eigenvalue weighted by Gasteiger charge is 2.10. The van der Waals surface area contributed by atoms with E-state index in [9.17, 15) is 4.39 Å². The highest BCUT2D eigenvalue weighted by atomic mass is 79.9. The summed E-state index contributed by atoms with van der Waals surface area (Å²) in [6.45, 7) is 1.98. The molecule has 0 heterocycles. The Labute approximate surface area is 120 Å². The second kappa shape index (κ2) is 5.85. The summed E-state index contributed by atoms with van der Waals surface area (Å²) in [5.74, 6) is -0.195. The summed E-state index contributed by atoms with van der Waals surface area (Å²) in [6, 6.07) is 12.6. The van der Waals surface area contributed by atoms with Gasteiger partial charge >= 0.3 is 0 Å². The summed E-state index contributed by atoms with van der Waals surface area (Å²) in [7, 11) is 0. The third kappa shape index (κ3) is 3.33. The van der Waals surface area contributed by atoms with Gasteiger partial charge in [0.1, 0.15) is 5.82 Å². The molecule has 0 saturated heterocycles. The van der Waals surface area contributed by atoms with Crippen molar-refractivity contribution >= 4 is 27.5 Å². The monoisotopic (exact) mass is 326 g/mol. The summed E-state index contributed by atoms with van der Waals surface area (Å²) in [4.78, 5) is 0.162. The lowest BCUT2D eigenvalue weighted by atomic mass is 10.0. The van der Waals surface area contributed by atoms with Gasteiger partial charge in [0.05, 0.1) is 0 Å². The van der Waals surface area contributed by atoms with Crippen molar-refractivity contribution in [1.82, 2.24) is 0 Å². The quantitative estimate of drug-likeness (QED) is 0.656. The topological polar surface area (TPSA) is 0 Å². The van der Waals surface area contributed by atoms with Gasteiger partial charge in [-0.1, -0.05) is 51.8 Å². The van der Waals surface area contributed by atoms with E-state index in [0.29, 0.717) is 0 Å². The highest BCUT2D eigenvalue weighted by molar-refractivity contribution is 9.09. The molecule has 94 valence electrons. The summed E-state index contributed by atoms with van der Waals surface area (Å²) in [5.41, 5.74) is 3.18. The normalized spacial score (nSPS) is 12.4. The van der Waals surface area contributed by atoms with Crippen LogP contribution in [0.3, 0.4) is 0 Å². The van der Waals surface area contributed by atoms with Crippen LogP contribution in [0.4, 0.5) is 4.39 Å². The van der Waals surface area contributed by atoms with Crippen LogP contribution in [0.25, 0.3) is 0 Å². The predicted molar refractivity (Wildman–Crippen MR) is 78.0 cm³/mol. The van der Waals surface area contributed by atoms with Crippen LogP contribution < -0.4 is 0 Å². The van der Waals surface area contributed by atoms with E-state index < -0.39 is 0 Å². The SMILES string of the molecule is Cc1cc(C(Br)Cc2cccc(F)c2)ccc1Cl. The van der Waals surface area contributed by atoms with Crippen molar-refractivity contribution in [2.45, 2.75) is 18.2 Å². The summed E-state index contributed by atoms with van der Waals surface area (Å²) >= 11 is 9.64. The molecule has 0 amide bonds. The van der Waals surface area contributed by atoms with Crippen LogP contribution in [-0.2, 0) is 6.42 Å². The van der Waals surface area contributed by atoms with Crippen LogP contribution in [-0.4, -0.2) is 0 Å². The molecular weight excluding hydrogens is 315 g/mol. The van der Waals surface area contributed by atoms with Crippen molar-refractivity contribution in [3.8, 4) is 0 Å². The second-order valence-electron chi connectivity index (χ2n) is 4.31. The van der Waals surface area contributed by atoms with Gasteiger partial charge in [0.25, 0.3) is 0 Å². The minimum absolute atomic E-state index is 0.162.